The molecule has 0 N–H and O–H groups in total. The maximum Gasteiger partial charge on any atom is 0.349 e. The molecule has 0 aliphatic carbocycles. The zero-order valence-electron chi connectivity index (χ0n) is 37.4. The van der Waals surface area contributed by atoms with Crippen LogP contribution in [0.3, 0.4) is 0 Å². The van der Waals surface area contributed by atoms with Crippen LogP contribution in [-0.4, -0.2) is 36.5 Å². The van der Waals surface area contributed by atoms with E-state index in [0.29, 0.717) is 34.1 Å². The van der Waals surface area contributed by atoms with E-state index in [4.69, 9.17) is 18.9 Å². The van der Waals surface area contributed by atoms with E-state index in [1.54, 1.807) is 62.4 Å². The lowest BCUT2D eigenvalue weighted by atomic mass is 9.93. The Balaban J connectivity index is 0.000000248. The zero-order chi connectivity index (χ0) is 47.8. The van der Waals surface area contributed by atoms with E-state index in [1.165, 1.54) is 5.56 Å². The van der Waals surface area contributed by atoms with E-state index in [9.17, 15) is 24.0 Å². The number of esters is 5. The summed E-state index contributed by atoms with van der Waals surface area (Å²) in [6.07, 6.45) is 3.80. The Morgan fingerprint density at radius 2 is 0.773 bits per heavy atom. The van der Waals surface area contributed by atoms with Crippen LogP contribution in [0.4, 0.5) is 0 Å². The monoisotopic (exact) mass is 882 g/mol. The molecule has 6 aromatic carbocycles. The Labute approximate surface area is 385 Å². The zero-order valence-corrected chi connectivity index (χ0v) is 37.4. The van der Waals surface area contributed by atoms with Crippen LogP contribution in [0.1, 0.15) is 38.8 Å². The lowest BCUT2D eigenvalue weighted by Crippen LogP contribution is -2.17. The highest BCUT2D eigenvalue weighted by Gasteiger charge is 2.13. The standard InChI is InChI=1S/C28H24O6.C28H26O4/c1-4-19-17-22(11-16-25(19)21-9-14-23(15-10-21)33-27(30)6-3)20-7-12-24(13-8-20)34-28(31)18-32-26(29)5-2;1-6-20-17-23(21-7-12-24(13-8-21)31-27(29)18(2)3)11-16-26(20)22-9-14-25(15-10-22)32-28(30)19(4)5/h5-17H,2-4,18H2,1H3;7-17H,2,4,6H2,1,3,5H3. The van der Waals surface area contributed by atoms with E-state index in [0.717, 1.165) is 75.1 Å². The first-order valence-electron chi connectivity index (χ1n) is 21.0. The highest BCUT2D eigenvalue weighted by atomic mass is 16.6. The maximum absolute atomic E-state index is 11.8. The molecular weight excluding hydrogens is 833 g/mol. The fourth-order valence-corrected chi connectivity index (χ4v) is 6.43. The van der Waals surface area contributed by atoms with Crippen LogP contribution in [0.25, 0.3) is 44.5 Å². The maximum atomic E-state index is 11.8. The van der Waals surface area contributed by atoms with Crippen LogP contribution >= 0.6 is 0 Å². The van der Waals surface area contributed by atoms with Crippen LogP contribution in [0.5, 0.6) is 23.0 Å². The summed E-state index contributed by atoms with van der Waals surface area (Å²) in [5.41, 5.74) is 11.5. The van der Waals surface area contributed by atoms with Crippen LogP contribution in [0.2, 0.25) is 0 Å². The van der Waals surface area contributed by atoms with Crippen molar-refractivity contribution in [3.05, 3.63) is 194 Å². The normalized spacial score (nSPS) is 10.2. The predicted octanol–water partition coefficient (Wildman–Crippen LogP) is 11.9. The summed E-state index contributed by atoms with van der Waals surface area (Å²) in [6.45, 7) is 20.8. The van der Waals surface area contributed by atoms with E-state index >= 15 is 0 Å². The van der Waals surface area contributed by atoms with Crippen molar-refractivity contribution in [3.63, 3.8) is 0 Å². The number of carbonyl (C=O) groups is 5. The SMILES string of the molecule is C=C(C)C(=O)Oc1ccc(-c2ccc(-c3ccc(OC(=O)C(=C)C)cc3)c(CC)c2)cc1.C=CC(=O)OCC(=O)Oc1ccc(-c2ccc(-c3ccc(OC(=O)C=C)cc3)c(CC)c2)cc1. The number of aryl methyl sites for hydroxylation is 2. The highest BCUT2D eigenvalue weighted by molar-refractivity contribution is 5.90. The van der Waals surface area contributed by atoms with Gasteiger partial charge in [0.15, 0.2) is 6.61 Å². The number of hydrogen-bond donors (Lipinski definition) is 0. The van der Waals surface area contributed by atoms with Crippen LogP contribution < -0.4 is 18.9 Å². The summed E-state index contributed by atoms with van der Waals surface area (Å²) in [5.74, 6) is -0.933. The Morgan fingerprint density at radius 1 is 0.439 bits per heavy atom. The molecule has 0 unspecified atom stereocenters. The minimum Gasteiger partial charge on any atom is -0.451 e. The molecule has 0 bridgehead atoms. The van der Waals surface area contributed by atoms with E-state index in [-0.39, 0.29) is 0 Å². The number of carbonyl (C=O) groups excluding carboxylic acids is 5. The Bertz CT molecular complexity index is 2760. The third-order valence-electron chi connectivity index (χ3n) is 9.91. The molecule has 0 atom stereocenters. The lowest BCUT2D eigenvalue weighted by molar-refractivity contribution is -0.150. The Morgan fingerprint density at radius 3 is 1.12 bits per heavy atom. The van der Waals surface area contributed by atoms with Crippen molar-refractivity contribution in [2.75, 3.05) is 6.61 Å². The van der Waals surface area contributed by atoms with Crippen LogP contribution in [0, 0.1) is 0 Å². The van der Waals surface area contributed by atoms with Crippen molar-refractivity contribution in [1.29, 1.82) is 0 Å². The van der Waals surface area contributed by atoms with Gasteiger partial charge in [0.25, 0.3) is 0 Å². The molecule has 10 heteroatoms. The van der Waals surface area contributed by atoms with Gasteiger partial charge < -0.3 is 23.7 Å². The van der Waals surface area contributed by atoms with Gasteiger partial charge >= 0.3 is 29.8 Å². The Kier molecular flexibility index (Phi) is 17.2. The number of hydrogen-bond acceptors (Lipinski definition) is 10. The molecule has 0 amide bonds. The second kappa shape index (κ2) is 23.4. The van der Waals surface area contributed by atoms with Crippen molar-refractivity contribution in [2.45, 2.75) is 40.5 Å². The molecule has 66 heavy (non-hydrogen) atoms. The summed E-state index contributed by atoms with van der Waals surface area (Å²) < 4.78 is 25.5. The third-order valence-corrected chi connectivity index (χ3v) is 9.91. The first-order valence-corrected chi connectivity index (χ1v) is 21.0. The molecule has 0 saturated heterocycles. The lowest BCUT2D eigenvalue weighted by Gasteiger charge is -2.12. The van der Waals surface area contributed by atoms with E-state index in [2.05, 4.69) is 75.2 Å². The van der Waals surface area contributed by atoms with Crippen LogP contribution in [0.15, 0.2) is 183 Å². The van der Waals surface area contributed by atoms with Crippen molar-refractivity contribution >= 4 is 29.8 Å². The molecule has 0 aliphatic rings. The van der Waals surface area contributed by atoms with Gasteiger partial charge in [-0.25, -0.2) is 24.0 Å². The first kappa shape index (κ1) is 48.7. The number of ether oxygens (including phenoxy) is 5. The highest BCUT2D eigenvalue weighted by Crippen LogP contribution is 2.33. The van der Waals surface area contributed by atoms with Gasteiger partial charge in [-0.1, -0.05) is 125 Å². The van der Waals surface area contributed by atoms with Crippen molar-refractivity contribution < 1.29 is 47.7 Å². The third kappa shape index (κ3) is 13.6. The molecule has 0 fully saturated rings. The molecule has 0 aromatic heterocycles. The van der Waals surface area contributed by atoms with Gasteiger partial charge in [0, 0.05) is 23.3 Å². The van der Waals surface area contributed by atoms with E-state index < -0.39 is 36.5 Å². The van der Waals surface area contributed by atoms with Gasteiger partial charge in [0.1, 0.15) is 23.0 Å². The summed E-state index contributed by atoms with van der Waals surface area (Å²) in [7, 11) is 0. The molecule has 6 rings (SSSR count). The predicted molar refractivity (Wildman–Crippen MR) is 257 cm³/mol. The summed E-state index contributed by atoms with van der Waals surface area (Å²) >= 11 is 0. The molecule has 0 spiro atoms. The molecule has 10 nitrogen and oxygen atoms in total. The largest absolute Gasteiger partial charge is 0.451 e. The molecule has 6 aromatic rings. The fourth-order valence-electron chi connectivity index (χ4n) is 6.43. The topological polar surface area (TPSA) is 132 Å². The quantitative estimate of drug-likeness (QED) is 0.0526. The van der Waals surface area contributed by atoms with Gasteiger partial charge in [-0.05, 0) is 131 Å². The first-order chi connectivity index (χ1) is 31.7. The fraction of sp³-hybridized carbons (Fsp3) is 0.125. The second-order valence-electron chi connectivity index (χ2n) is 14.8. The smallest absolute Gasteiger partial charge is 0.349 e. The van der Waals surface area contributed by atoms with Gasteiger partial charge in [0.05, 0.1) is 0 Å². The van der Waals surface area contributed by atoms with Crippen molar-refractivity contribution in [3.8, 4) is 67.5 Å². The Hall–Kier alpha value is -8.37. The summed E-state index contributed by atoms with van der Waals surface area (Å²) in [4.78, 5) is 57.5. The summed E-state index contributed by atoms with van der Waals surface area (Å²) in [6, 6.07) is 41.8. The molecular formula is C56H50O10. The number of rotatable bonds is 16. The summed E-state index contributed by atoms with van der Waals surface area (Å²) in [5, 5.41) is 0. The second-order valence-corrected chi connectivity index (χ2v) is 14.8. The molecule has 0 radical (unpaired) electrons. The van der Waals surface area contributed by atoms with Gasteiger partial charge in [-0.15, -0.1) is 0 Å². The van der Waals surface area contributed by atoms with Crippen molar-refractivity contribution in [2.24, 2.45) is 0 Å². The minimum atomic E-state index is -0.686. The molecule has 0 saturated carbocycles. The van der Waals surface area contributed by atoms with Gasteiger partial charge in [-0.2, -0.15) is 0 Å². The number of benzene rings is 6. The van der Waals surface area contributed by atoms with Crippen LogP contribution in [-0.2, 0) is 41.6 Å². The minimum absolute atomic E-state index is 0.355. The average Bonchev–Trinajstić information content (AvgIpc) is 3.33. The van der Waals surface area contributed by atoms with Gasteiger partial charge in [0.2, 0.25) is 0 Å². The average molecular weight is 883 g/mol. The van der Waals surface area contributed by atoms with Crippen molar-refractivity contribution in [1.82, 2.24) is 0 Å². The van der Waals surface area contributed by atoms with E-state index in [1.807, 2.05) is 54.6 Å². The van der Waals surface area contributed by atoms with Gasteiger partial charge in [-0.3, -0.25) is 0 Å². The molecule has 334 valence electrons. The molecule has 0 heterocycles. The molecule has 0 aliphatic heterocycles.